The minimum absolute atomic E-state index is 0.381. The van der Waals surface area contributed by atoms with E-state index in [0.717, 1.165) is 11.1 Å². The van der Waals surface area contributed by atoms with E-state index in [9.17, 15) is 4.79 Å². The molecule has 98 valence electrons. The number of hydrogen-bond donors (Lipinski definition) is 1. The molecule has 4 nitrogen and oxygen atoms in total. The summed E-state index contributed by atoms with van der Waals surface area (Å²) in [7, 11) is 0. The van der Waals surface area contributed by atoms with Crippen molar-refractivity contribution in [2.75, 3.05) is 5.32 Å². The Kier molecular flexibility index (Phi) is 3.31. The van der Waals surface area contributed by atoms with E-state index in [1.165, 1.54) is 6.20 Å². The molecular weight excluding hydrogens is 274 g/mol. The lowest BCUT2D eigenvalue weighted by Gasteiger charge is -2.07. The quantitative estimate of drug-likeness (QED) is 0.783. The lowest BCUT2D eigenvalue weighted by molar-refractivity contribution is 1.26. The zero-order chi connectivity index (χ0) is 13.9. The van der Waals surface area contributed by atoms with Gasteiger partial charge in [0.1, 0.15) is 5.82 Å². The molecule has 20 heavy (non-hydrogen) atoms. The first-order valence-electron chi connectivity index (χ1n) is 6.02. The molecule has 1 N–H and O–H groups in total. The van der Waals surface area contributed by atoms with Crippen LogP contribution in [0.15, 0.2) is 59.5 Å². The number of nitrogens with zero attached hydrogens (tertiary/aromatic N) is 2. The fraction of sp³-hybridized carbons (Fsp3) is 0. The molecule has 0 aliphatic heterocycles. The van der Waals surface area contributed by atoms with Crippen LogP contribution in [0.25, 0.3) is 10.9 Å². The van der Waals surface area contributed by atoms with Crippen molar-refractivity contribution in [1.82, 2.24) is 9.97 Å². The second-order valence-corrected chi connectivity index (χ2v) is 4.59. The molecule has 5 heteroatoms. The molecule has 0 spiro atoms. The third-order valence-electron chi connectivity index (χ3n) is 2.82. The molecule has 0 radical (unpaired) electrons. The molecule has 0 saturated heterocycles. The highest BCUT2D eigenvalue weighted by atomic mass is 35.5. The molecule has 1 heterocycles. The molecule has 0 bridgehead atoms. The number of nitrogens with one attached hydrogen (secondary N) is 1. The SMILES string of the molecule is O=c1cnc(Nc2ccccc2Cl)c2ccccc2n1. The Hall–Kier alpha value is -2.46. The van der Waals surface area contributed by atoms with Gasteiger partial charge in [-0.05, 0) is 24.3 Å². The van der Waals surface area contributed by atoms with E-state index < -0.39 is 0 Å². The summed E-state index contributed by atoms with van der Waals surface area (Å²) in [5.74, 6) is 0.545. The van der Waals surface area contributed by atoms with Gasteiger partial charge in [0, 0.05) is 5.39 Å². The molecule has 3 rings (SSSR count). The Bertz CT molecular complexity index is 836. The monoisotopic (exact) mass is 283 g/mol. The molecule has 0 unspecified atom stereocenters. The highest BCUT2D eigenvalue weighted by Gasteiger charge is 2.05. The van der Waals surface area contributed by atoms with Crippen molar-refractivity contribution in [3.05, 3.63) is 70.1 Å². The van der Waals surface area contributed by atoms with Crippen molar-refractivity contribution in [3.63, 3.8) is 0 Å². The van der Waals surface area contributed by atoms with Crippen molar-refractivity contribution in [3.8, 4) is 0 Å². The molecule has 0 saturated carbocycles. The van der Waals surface area contributed by atoms with Crippen LogP contribution >= 0.6 is 11.6 Å². The Morgan fingerprint density at radius 3 is 2.60 bits per heavy atom. The lowest BCUT2D eigenvalue weighted by Crippen LogP contribution is -1.99. The number of anilines is 2. The van der Waals surface area contributed by atoms with Crippen LogP contribution < -0.4 is 10.9 Å². The van der Waals surface area contributed by atoms with Gasteiger partial charge >= 0.3 is 0 Å². The Labute approximate surface area is 120 Å². The van der Waals surface area contributed by atoms with Gasteiger partial charge in [0.15, 0.2) is 0 Å². The summed E-state index contributed by atoms with van der Waals surface area (Å²) in [6, 6.07) is 14.7. The van der Waals surface area contributed by atoms with E-state index >= 15 is 0 Å². The number of hydrogen-bond acceptors (Lipinski definition) is 4. The number of para-hydroxylation sites is 2. The maximum Gasteiger partial charge on any atom is 0.288 e. The van der Waals surface area contributed by atoms with Crippen molar-refractivity contribution in [2.45, 2.75) is 0 Å². The molecule has 0 atom stereocenters. The Balaban J connectivity index is 2.20. The smallest absolute Gasteiger partial charge is 0.288 e. The zero-order valence-corrected chi connectivity index (χ0v) is 11.1. The molecule has 2 aromatic carbocycles. The van der Waals surface area contributed by atoms with Crippen molar-refractivity contribution >= 4 is 34.0 Å². The van der Waals surface area contributed by atoms with Crippen LogP contribution in [0.1, 0.15) is 0 Å². The first-order chi connectivity index (χ1) is 9.74. The van der Waals surface area contributed by atoms with Crippen LogP contribution in [0.5, 0.6) is 0 Å². The third kappa shape index (κ3) is 2.46. The van der Waals surface area contributed by atoms with E-state index in [1.54, 1.807) is 12.1 Å². The van der Waals surface area contributed by atoms with Gasteiger partial charge < -0.3 is 5.32 Å². The largest absolute Gasteiger partial charge is 0.338 e. The van der Waals surface area contributed by atoms with Crippen molar-refractivity contribution in [2.24, 2.45) is 0 Å². The van der Waals surface area contributed by atoms with Crippen LogP contribution in [0.2, 0.25) is 5.02 Å². The van der Waals surface area contributed by atoms with E-state index in [-0.39, 0.29) is 5.56 Å². The van der Waals surface area contributed by atoms with E-state index in [0.29, 0.717) is 16.4 Å². The highest BCUT2D eigenvalue weighted by Crippen LogP contribution is 2.26. The molecule has 3 aromatic rings. The van der Waals surface area contributed by atoms with Crippen molar-refractivity contribution in [1.29, 1.82) is 0 Å². The maximum atomic E-state index is 11.5. The van der Waals surface area contributed by atoms with E-state index in [4.69, 9.17) is 11.6 Å². The van der Waals surface area contributed by atoms with E-state index in [2.05, 4.69) is 15.3 Å². The highest BCUT2D eigenvalue weighted by molar-refractivity contribution is 6.33. The number of rotatable bonds is 2. The summed E-state index contributed by atoms with van der Waals surface area (Å²) in [5.41, 5.74) is 0.934. The standard InChI is InChI=1S/C15H10ClN3O/c16-11-6-2-4-8-13(11)19-15-10-5-1-3-7-12(10)18-14(20)9-17-15/h1-9,19H. The zero-order valence-electron chi connectivity index (χ0n) is 10.4. The van der Waals surface area contributed by atoms with Gasteiger partial charge in [-0.15, -0.1) is 0 Å². The predicted octanol–water partition coefficient (Wildman–Crippen LogP) is 3.39. The van der Waals surface area contributed by atoms with Crippen LogP contribution in [-0.2, 0) is 0 Å². The van der Waals surface area contributed by atoms with Gasteiger partial charge in [-0.1, -0.05) is 35.9 Å². The molecular formula is C15H10ClN3O. The lowest BCUT2D eigenvalue weighted by atomic mass is 10.2. The summed E-state index contributed by atoms with van der Waals surface area (Å²) in [4.78, 5) is 19.7. The number of aromatic nitrogens is 2. The molecule has 0 aliphatic rings. The van der Waals surface area contributed by atoms with Gasteiger partial charge in [-0.3, -0.25) is 4.79 Å². The summed E-state index contributed by atoms with van der Waals surface area (Å²) >= 11 is 6.12. The maximum absolute atomic E-state index is 11.5. The van der Waals surface area contributed by atoms with Gasteiger partial charge in [0.25, 0.3) is 5.56 Å². The predicted molar refractivity (Wildman–Crippen MR) is 80.5 cm³/mol. The van der Waals surface area contributed by atoms with Gasteiger partial charge in [-0.25, -0.2) is 9.97 Å². The summed E-state index contributed by atoms with van der Waals surface area (Å²) in [6.07, 6.45) is 1.19. The topological polar surface area (TPSA) is 54.9 Å². The average molecular weight is 284 g/mol. The van der Waals surface area contributed by atoms with Crippen LogP contribution in [0.3, 0.4) is 0 Å². The van der Waals surface area contributed by atoms with Crippen LogP contribution in [-0.4, -0.2) is 9.97 Å². The van der Waals surface area contributed by atoms with Crippen molar-refractivity contribution < 1.29 is 0 Å². The van der Waals surface area contributed by atoms with Crippen LogP contribution in [0.4, 0.5) is 11.5 Å². The molecule has 0 fully saturated rings. The number of halogens is 1. The van der Waals surface area contributed by atoms with E-state index in [1.807, 2.05) is 36.4 Å². The molecule has 0 amide bonds. The first kappa shape index (κ1) is 12.6. The van der Waals surface area contributed by atoms with Gasteiger partial charge in [-0.2, -0.15) is 0 Å². The second-order valence-electron chi connectivity index (χ2n) is 4.18. The minimum Gasteiger partial charge on any atom is -0.338 e. The third-order valence-corrected chi connectivity index (χ3v) is 3.15. The Morgan fingerprint density at radius 1 is 1.00 bits per heavy atom. The fourth-order valence-electron chi connectivity index (χ4n) is 1.90. The first-order valence-corrected chi connectivity index (χ1v) is 6.39. The summed E-state index contributed by atoms with van der Waals surface area (Å²) in [6.45, 7) is 0. The average Bonchev–Trinajstić information content (AvgIpc) is 2.61. The normalized spacial score (nSPS) is 10.4. The Morgan fingerprint density at radius 2 is 1.75 bits per heavy atom. The summed E-state index contributed by atoms with van der Waals surface area (Å²) in [5, 5.41) is 4.48. The number of fused-ring (bicyclic) bond motifs is 1. The molecule has 0 aliphatic carbocycles. The fourth-order valence-corrected chi connectivity index (χ4v) is 2.08. The summed E-state index contributed by atoms with van der Waals surface area (Å²) < 4.78 is 0. The second kappa shape index (κ2) is 5.27. The molecule has 1 aromatic heterocycles. The van der Waals surface area contributed by atoms with Crippen LogP contribution in [0, 0.1) is 0 Å². The minimum atomic E-state index is -0.381. The van der Waals surface area contributed by atoms with Gasteiger partial charge in [0.2, 0.25) is 0 Å². The van der Waals surface area contributed by atoms with Gasteiger partial charge in [0.05, 0.1) is 22.4 Å². The number of benzene rings is 2.